The number of hydrogen-bond donors (Lipinski definition) is 2. The molecule has 3 rings (SSSR count). The van der Waals surface area contributed by atoms with Crippen LogP contribution in [0.3, 0.4) is 0 Å². The second-order valence-electron chi connectivity index (χ2n) is 6.82. The Bertz CT molecular complexity index is 1080. The smallest absolute Gasteiger partial charge is 0.329 e. The van der Waals surface area contributed by atoms with Crippen LogP contribution >= 0.6 is 0 Å². The molecular formula is C25H25N3O4. The Balaban J connectivity index is 1.54. The lowest BCUT2D eigenvalue weighted by molar-refractivity contribution is -0.136. The average molecular weight is 431 g/mol. The highest BCUT2D eigenvalue weighted by atomic mass is 16.5. The Labute approximate surface area is 187 Å². The zero-order chi connectivity index (χ0) is 22.8. The van der Waals surface area contributed by atoms with Crippen molar-refractivity contribution in [1.82, 2.24) is 5.43 Å². The Hall–Kier alpha value is -4.13. The zero-order valence-corrected chi connectivity index (χ0v) is 18.0. The van der Waals surface area contributed by atoms with Gasteiger partial charge in [0.25, 0.3) is 0 Å². The minimum Gasteiger partial charge on any atom is -0.492 e. The standard InChI is InChI=1S/C25H25N3O4/c1-3-31-23-12-8-7-11-22(23)26-24(29)25(30)28-27-18(2)20-13-15-21(16-14-20)32-17-19-9-5-4-6-10-19/h4-16H,3,17H2,1-2H3,(H,26,29)(H,28,30)/b27-18+. The van der Waals surface area contributed by atoms with Gasteiger partial charge in [-0.25, -0.2) is 5.43 Å². The third kappa shape index (κ3) is 6.43. The summed E-state index contributed by atoms with van der Waals surface area (Å²) >= 11 is 0. The van der Waals surface area contributed by atoms with E-state index in [4.69, 9.17) is 9.47 Å². The van der Waals surface area contributed by atoms with Gasteiger partial charge in [-0.2, -0.15) is 5.10 Å². The number of ether oxygens (including phenoxy) is 2. The molecule has 0 unspecified atom stereocenters. The number of nitrogens with zero attached hydrogens (tertiary/aromatic N) is 1. The zero-order valence-electron chi connectivity index (χ0n) is 18.0. The fraction of sp³-hybridized carbons (Fsp3) is 0.160. The maximum atomic E-state index is 12.2. The number of rotatable bonds is 8. The van der Waals surface area contributed by atoms with E-state index in [2.05, 4.69) is 15.8 Å². The van der Waals surface area contributed by atoms with Crippen LogP contribution in [0.4, 0.5) is 5.69 Å². The highest BCUT2D eigenvalue weighted by Crippen LogP contribution is 2.23. The Morgan fingerprint density at radius 1 is 0.844 bits per heavy atom. The summed E-state index contributed by atoms with van der Waals surface area (Å²) in [4.78, 5) is 24.3. The van der Waals surface area contributed by atoms with Gasteiger partial charge in [0.2, 0.25) is 0 Å². The van der Waals surface area contributed by atoms with Gasteiger partial charge in [0, 0.05) is 0 Å². The van der Waals surface area contributed by atoms with Crippen LogP contribution in [-0.2, 0) is 16.2 Å². The Morgan fingerprint density at radius 2 is 1.53 bits per heavy atom. The SMILES string of the molecule is CCOc1ccccc1NC(=O)C(=O)N/N=C(\C)c1ccc(OCc2ccccc2)cc1. The Kier molecular flexibility index (Phi) is 7.97. The average Bonchev–Trinajstić information content (AvgIpc) is 2.83. The van der Waals surface area contributed by atoms with Gasteiger partial charge in [0.1, 0.15) is 18.1 Å². The van der Waals surface area contributed by atoms with Crippen molar-refractivity contribution in [2.24, 2.45) is 5.10 Å². The molecule has 0 spiro atoms. The topological polar surface area (TPSA) is 89.0 Å². The van der Waals surface area contributed by atoms with Crippen molar-refractivity contribution in [2.75, 3.05) is 11.9 Å². The fourth-order valence-corrected chi connectivity index (χ4v) is 2.81. The fourth-order valence-electron chi connectivity index (χ4n) is 2.81. The molecule has 0 radical (unpaired) electrons. The van der Waals surface area contributed by atoms with Gasteiger partial charge in [0.05, 0.1) is 18.0 Å². The minimum atomic E-state index is -0.876. The Morgan fingerprint density at radius 3 is 2.25 bits per heavy atom. The van der Waals surface area contributed by atoms with Crippen molar-refractivity contribution in [3.63, 3.8) is 0 Å². The molecule has 0 saturated heterocycles. The van der Waals surface area contributed by atoms with Gasteiger partial charge >= 0.3 is 11.8 Å². The summed E-state index contributed by atoms with van der Waals surface area (Å²) < 4.78 is 11.2. The highest BCUT2D eigenvalue weighted by Gasteiger charge is 2.15. The summed E-state index contributed by atoms with van der Waals surface area (Å²) in [7, 11) is 0. The van der Waals surface area contributed by atoms with E-state index in [1.54, 1.807) is 31.2 Å². The molecule has 0 aliphatic heterocycles. The summed E-state index contributed by atoms with van der Waals surface area (Å²) in [5.41, 5.74) is 5.12. The molecule has 7 heteroatoms. The van der Waals surface area contributed by atoms with Crippen LogP contribution in [0, 0.1) is 0 Å². The van der Waals surface area contributed by atoms with Crippen molar-refractivity contribution in [1.29, 1.82) is 0 Å². The van der Waals surface area contributed by atoms with Crippen molar-refractivity contribution in [3.8, 4) is 11.5 Å². The lowest BCUT2D eigenvalue weighted by Gasteiger charge is -2.10. The first-order valence-corrected chi connectivity index (χ1v) is 10.2. The first-order valence-electron chi connectivity index (χ1n) is 10.2. The maximum absolute atomic E-state index is 12.2. The number of carbonyl (C=O) groups is 2. The molecule has 3 aromatic rings. The summed E-state index contributed by atoms with van der Waals surface area (Å²) in [6.45, 7) is 4.50. The largest absolute Gasteiger partial charge is 0.492 e. The quantitative estimate of drug-likeness (QED) is 0.319. The summed E-state index contributed by atoms with van der Waals surface area (Å²) in [5.74, 6) is -0.496. The molecule has 0 heterocycles. The molecule has 0 aliphatic carbocycles. The number of carbonyl (C=O) groups excluding carboxylic acids is 2. The molecule has 32 heavy (non-hydrogen) atoms. The lowest BCUT2D eigenvalue weighted by atomic mass is 10.1. The normalized spacial score (nSPS) is 10.9. The van der Waals surface area contributed by atoms with Crippen molar-refractivity contribution in [3.05, 3.63) is 90.0 Å². The lowest BCUT2D eigenvalue weighted by Crippen LogP contribution is -2.33. The van der Waals surface area contributed by atoms with Crippen LogP contribution in [-0.4, -0.2) is 24.1 Å². The number of hydrazone groups is 1. The van der Waals surface area contributed by atoms with Crippen LogP contribution in [0.25, 0.3) is 0 Å². The van der Waals surface area contributed by atoms with Crippen molar-refractivity contribution in [2.45, 2.75) is 20.5 Å². The van der Waals surface area contributed by atoms with Gasteiger partial charge in [-0.3, -0.25) is 9.59 Å². The second-order valence-corrected chi connectivity index (χ2v) is 6.82. The van der Waals surface area contributed by atoms with E-state index in [9.17, 15) is 9.59 Å². The monoisotopic (exact) mass is 431 g/mol. The van der Waals surface area contributed by atoms with E-state index in [0.29, 0.717) is 30.4 Å². The number of para-hydroxylation sites is 2. The molecule has 0 bridgehead atoms. The molecule has 3 aromatic carbocycles. The molecular weight excluding hydrogens is 406 g/mol. The van der Waals surface area contributed by atoms with E-state index in [0.717, 1.165) is 16.9 Å². The first kappa shape index (κ1) is 22.6. The third-order valence-electron chi connectivity index (χ3n) is 4.49. The second kappa shape index (κ2) is 11.3. The summed E-state index contributed by atoms with van der Waals surface area (Å²) in [5, 5.41) is 6.56. The molecule has 0 saturated carbocycles. The van der Waals surface area contributed by atoms with E-state index < -0.39 is 11.8 Å². The number of nitrogens with one attached hydrogen (secondary N) is 2. The third-order valence-corrected chi connectivity index (χ3v) is 4.49. The predicted molar refractivity (Wildman–Crippen MR) is 124 cm³/mol. The minimum absolute atomic E-state index is 0.418. The van der Waals surface area contributed by atoms with Gasteiger partial charge in [-0.1, -0.05) is 42.5 Å². The number of amides is 2. The van der Waals surface area contributed by atoms with Crippen LogP contribution in [0.1, 0.15) is 25.0 Å². The van der Waals surface area contributed by atoms with Crippen LogP contribution in [0.5, 0.6) is 11.5 Å². The van der Waals surface area contributed by atoms with Gasteiger partial charge in [-0.15, -0.1) is 0 Å². The molecule has 164 valence electrons. The van der Waals surface area contributed by atoms with E-state index >= 15 is 0 Å². The van der Waals surface area contributed by atoms with Crippen molar-refractivity contribution >= 4 is 23.2 Å². The van der Waals surface area contributed by atoms with E-state index in [1.165, 1.54) is 0 Å². The van der Waals surface area contributed by atoms with Crippen molar-refractivity contribution < 1.29 is 19.1 Å². The molecule has 0 atom stereocenters. The van der Waals surface area contributed by atoms with Crippen LogP contribution < -0.4 is 20.2 Å². The van der Waals surface area contributed by atoms with Gasteiger partial charge in [0.15, 0.2) is 0 Å². The molecule has 7 nitrogen and oxygen atoms in total. The van der Waals surface area contributed by atoms with Crippen LogP contribution in [0.15, 0.2) is 84.0 Å². The number of benzene rings is 3. The molecule has 0 fully saturated rings. The first-order chi connectivity index (χ1) is 15.6. The van der Waals surface area contributed by atoms with E-state index in [-0.39, 0.29) is 0 Å². The highest BCUT2D eigenvalue weighted by molar-refractivity contribution is 6.39. The summed E-state index contributed by atoms with van der Waals surface area (Å²) in [6, 6.07) is 24.1. The van der Waals surface area contributed by atoms with Gasteiger partial charge < -0.3 is 14.8 Å². The molecule has 0 aliphatic rings. The number of hydrogen-bond acceptors (Lipinski definition) is 5. The van der Waals surface area contributed by atoms with E-state index in [1.807, 2.05) is 61.5 Å². The molecule has 0 aromatic heterocycles. The predicted octanol–water partition coefficient (Wildman–Crippen LogP) is 4.14. The van der Waals surface area contributed by atoms with Crippen LogP contribution in [0.2, 0.25) is 0 Å². The molecule has 2 N–H and O–H groups in total. The molecule has 2 amide bonds. The maximum Gasteiger partial charge on any atom is 0.329 e. The summed E-state index contributed by atoms with van der Waals surface area (Å²) in [6.07, 6.45) is 0. The van der Waals surface area contributed by atoms with Gasteiger partial charge in [-0.05, 0) is 61.4 Å². The number of anilines is 1.